The van der Waals surface area contributed by atoms with Gasteiger partial charge in [0.25, 0.3) is 0 Å². The number of rotatable bonds is 4. The van der Waals surface area contributed by atoms with E-state index < -0.39 is 0 Å². The summed E-state index contributed by atoms with van der Waals surface area (Å²) >= 11 is 0. The van der Waals surface area contributed by atoms with E-state index >= 15 is 0 Å². The van der Waals surface area contributed by atoms with Gasteiger partial charge in [-0.3, -0.25) is 4.79 Å². The number of amides is 1. The Morgan fingerprint density at radius 2 is 1.88 bits per heavy atom. The van der Waals surface area contributed by atoms with Crippen molar-refractivity contribution in [3.63, 3.8) is 0 Å². The van der Waals surface area contributed by atoms with Crippen LogP contribution in [0.25, 0.3) is 0 Å². The number of carbonyl (C=O) groups is 1. The summed E-state index contributed by atoms with van der Waals surface area (Å²) in [4.78, 5) is 14.0. The SMILES string of the molecule is CCN(CC)C(=O)C1CC1c1ccccc1. The van der Waals surface area contributed by atoms with Gasteiger partial charge in [-0.15, -0.1) is 0 Å². The quantitative estimate of drug-likeness (QED) is 0.759. The summed E-state index contributed by atoms with van der Waals surface area (Å²) < 4.78 is 0. The molecule has 1 saturated carbocycles. The van der Waals surface area contributed by atoms with Crippen molar-refractivity contribution in [3.8, 4) is 0 Å². The van der Waals surface area contributed by atoms with Crippen molar-refractivity contribution in [3.05, 3.63) is 35.9 Å². The highest BCUT2D eigenvalue weighted by atomic mass is 16.2. The second-order valence-electron chi connectivity index (χ2n) is 4.37. The second-order valence-corrected chi connectivity index (χ2v) is 4.37. The lowest BCUT2D eigenvalue weighted by Gasteiger charge is -2.18. The molecule has 1 amide bonds. The van der Waals surface area contributed by atoms with E-state index in [0.29, 0.717) is 11.8 Å². The van der Waals surface area contributed by atoms with Crippen molar-refractivity contribution >= 4 is 5.91 Å². The van der Waals surface area contributed by atoms with E-state index in [4.69, 9.17) is 0 Å². The highest BCUT2D eigenvalue weighted by Crippen LogP contribution is 2.48. The average molecular weight is 217 g/mol. The van der Waals surface area contributed by atoms with Crippen LogP contribution in [0.15, 0.2) is 30.3 Å². The van der Waals surface area contributed by atoms with Gasteiger partial charge in [0.1, 0.15) is 0 Å². The van der Waals surface area contributed by atoms with Crippen LogP contribution in [0.2, 0.25) is 0 Å². The van der Waals surface area contributed by atoms with Crippen LogP contribution in [-0.2, 0) is 4.79 Å². The molecule has 2 unspecified atom stereocenters. The number of nitrogens with zero attached hydrogens (tertiary/aromatic N) is 1. The monoisotopic (exact) mass is 217 g/mol. The summed E-state index contributed by atoms with van der Waals surface area (Å²) in [6, 6.07) is 10.4. The van der Waals surface area contributed by atoms with Crippen LogP contribution in [0.5, 0.6) is 0 Å². The van der Waals surface area contributed by atoms with E-state index in [0.717, 1.165) is 19.5 Å². The number of hydrogen-bond donors (Lipinski definition) is 0. The first kappa shape index (κ1) is 11.2. The van der Waals surface area contributed by atoms with E-state index in [9.17, 15) is 4.79 Å². The maximum atomic E-state index is 12.1. The molecule has 16 heavy (non-hydrogen) atoms. The molecule has 2 nitrogen and oxygen atoms in total. The lowest BCUT2D eigenvalue weighted by Crippen LogP contribution is -2.32. The highest BCUT2D eigenvalue weighted by Gasteiger charge is 2.45. The summed E-state index contributed by atoms with van der Waals surface area (Å²) in [5, 5.41) is 0. The van der Waals surface area contributed by atoms with E-state index in [2.05, 4.69) is 12.1 Å². The zero-order chi connectivity index (χ0) is 11.5. The van der Waals surface area contributed by atoms with Crippen LogP contribution in [0.4, 0.5) is 0 Å². The Hall–Kier alpha value is -1.31. The van der Waals surface area contributed by atoms with Gasteiger partial charge in [0.15, 0.2) is 0 Å². The van der Waals surface area contributed by atoms with Gasteiger partial charge < -0.3 is 4.90 Å². The molecule has 0 radical (unpaired) electrons. The molecule has 2 heteroatoms. The van der Waals surface area contributed by atoms with E-state index in [-0.39, 0.29) is 5.92 Å². The molecule has 0 heterocycles. The van der Waals surface area contributed by atoms with E-state index in [1.54, 1.807) is 0 Å². The molecule has 0 bridgehead atoms. The standard InChI is InChI=1S/C14H19NO/c1-3-15(4-2)14(16)13-10-12(13)11-8-6-5-7-9-11/h5-9,12-13H,3-4,10H2,1-2H3. The molecule has 1 fully saturated rings. The Labute approximate surface area is 97.3 Å². The van der Waals surface area contributed by atoms with Gasteiger partial charge in [0, 0.05) is 19.0 Å². The Kier molecular flexibility index (Phi) is 3.28. The zero-order valence-corrected chi connectivity index (χ0v) is 10.0. The molecule has 2 atom stereocenters. The van der Waals surface area contributed by atoms with Gasteiger partial charge in [-0.25, -0.2) is 0 Å². The minimum Gasteiger partial charge on any atom is -0.343 e. The Morgan fingerprint density at radius 1 is 1.25 bits per heavy atom. The predicted molar refractivity (Wildman–Crippen MR) is 65.2 cm³/mol. The fraction of sp³-hybridized carbons (Fsp3) is 0.500. The van der Waals surface area contributed by atoms with Gasteiger partial charge in [-0.2, -0.15) is 0 Å². The van der Waals surface area contributed by atoms with Gasteiger partial charge in [-0.05, 0) is 31.7 Å². The molecule has 0 aromatic heterocycles. The third kappa shape index (κ3) is 2.11. The van der Waals surface area contributed by atoms with Crippen molar-refractivity contribution in [1.82, 2.24) is 4.90 Å². The summed E-state index contributed by atoms with van der Waals surface area (Å²) in [6.45, 7) is 5.74. The molecule has 0 N–H and O–H groups in total. The molecular formula is C14H19NO. The van der Waals surface area contributed by atoms with Crippen molar-refractivity contribution in [2.24, 2.45) is 5.92 Å². The summed E-state index contributed by atoms with van der Waals surface area (Å²) in [5.41, 5.74) is 1.31. The Bertz CT molecular complexity index is 356. The van der Waals surface area contributed by atoms with Gasteiger partial charge >= 0.3 is 0 Å². The summed E-state index contributed by atoms with van der Waals surface area (Å²) in [7, 11) is 0. The van der Waals surface area contributed by atoms with Crippen LogP contribution in [0.1, 0.15) is 31.7 Å². The minimum atomic E-state index is 0.238. The van der Waals surface area contributed by atoms with Gasteiger partial charge in [0.05, 0.1) is 0 Å². The minimum absolute atomic E-state index is 0.238. The maximum Gasteiger partial charge on any atom is 0.226 e. The second kappa shape index (κ2) is 4.69. The van der Waals surface area contributed by atoms with E-state index in [1.165, 1.54) is 5.56 Å². The largest absolute Gasteiger partial charge is 0.343 e. The lowest BCUT2D eigenvalue weighted by atomic mass is 10.1. The van der Waals surface area contributed by atoms with Crippen molar-refractivity contribution in [1.29, 1.82) is 0 Å². The molecular weight excluding hydrogens is 198 g/mol. The number of carbonyl (C=O) groups excluding carboxylic acids is 1. The first-order chi connectivity index (χ1) is 7.77. The van der Waals surface area contributed by atoms with Crippen LogP contribution in [0.3, 0.4) is 0 Å². The Morgan fingerprint density at radius 3 is 2.44 bits per heavy atom. The number of hydrogen-bond acceptors (Lipinski definition) is 1. The van der Waals surface area contributed by atoms with Crippen LogP contribution >= 0.6 is 0 Å². The lowest BCUT2D eigenvalue weighted by molar-refractivity contribution is -0.132. The molecule has 1 aromatic carbocycles. The normalized spacial score (nSPS) is 22.9. The molecule has 0 saturated heterocycles. The molecule has 2 rings (SSSR count). The van der Waals surface area contributed by atoms with Crippen LogP contribution < -0.4 is 0 Å². The topological polar surface area (TPSA) is 20.3 Å². The van der Waals surface area contributed by atoms with Crippen LogP contribution in [0, 0.1) is 5.92 Å². The van der Waals surface area contributed by atoms with Crippen molar-refractivity contribution < 1.29 is 4.79 Å². The first-order valence-corrected chi connectivity index (χ1v) is 6.11. The summed E-state index contributed by atoms with van der Waals surface area (Å²) in [6.07, 6.45) is 1.03. The Balaban J connectivity index is 1.99. The fourth-order valence-electron chi connectivity index (χ4n) is 2.31. The zero-order valence-electron chi connectivity index (χ0n) is 10.0. The smallest absolute Gasteiger partial charge is 0.226 e. The summed E-state index contributed by atoms with van der Waals surface area (Å²) in [5.74, 6) is 1.04. The molecule has 86 valence electrons. The van der Waals surface area contributed by atoms with Crippen LogP contribution in [-0.4, -0.2) is 23.9 Å². The maximum absolute atomic E-state index is 12.1. The number of benzene rings is 1. The average Bonchev–Trinajstić information content (AvgIpc) is 3.11. The predicted octanol–water partition coefficient (Wildman–Crippen LogP) is 2.66. The molecule has 1 aliphatic carbocycles. The van der Waals surface area contributed by atoms with Crippen molar-refractivity contribution in [2.45, 2.75) is 26.2 Å². The van der Waals surface area contributed by atoms with Gasteiger partial charge in [-0.1, -0.05) is 30.3 Å². The molecule has 1 aromatic rings. The van der Waals surface area contributed by atoms with Crippen molar-refractivity contribution in [2.75, 3.05) is 13.1 Å². The van der Waals surface area contributed by atoms with Gasteiger partial charge in [0.2, 0.25) is 5.91 Å². The van der Waals surface area contributed by atoms with E-state index in [1.807, 2.05) is 36.9 Å². The highest BCUT2D eigenvalue weighted by molar-refractivity contribution is 5.83. The molecule has 0 spiro atoms. The third-order valence-electron chi connectivity index (χ3n) is 3.41. The molecule has 0 aliphatic heterocycles. The third-order valence-corrected chi connectivity index (χ3v) is 3.41. The fourth-order valence-corrected chi connectivity index (χ4v) is 2.31. The first-order valence-electron chi connectivity index (χ1n) is 6.11. The molecule has 1 aliphatic rings.